The van der Waals surface area contributed by atoms with Gasteiger partial charge in [-0.3, -0.25) is 9.59 Å². The van der Waals surface area contributed by atoms with Gasteiger partial charge < -0.3 is 20.3 Å². The van der Waals surface area contributed by atoms with E-state index in [9.17, 15) is 9.59 Å². The van der Waals surface area contributed by atoms with E-state index in [2.05, 4.69) is 10.6 Å². The van der Waals surface area contributed by atoms with E-state index in [1.165, 1.54) is 6.07 Å². The first-order valence-corrected chi connectivity index (χ1v) is 11.2. The molecule has 2 N–H and O–H groups in total. The van der Waals surface area contributed by atoms with Gasteiger partial charge in [0.2, 0.25) is 5.91 Å². The first kappa shape index (κ1) is 26.0. The van der Waals surface area contributed by atoms with E-state index in [0.717, 1.165) is 11.3 Å². The Bertz CT molecular complexity index is 934. The SMILES string of the molecule is COc1cccc(C(CNC(=O)C(CC(C)C)NC(=O)c2ccc(Cl)cc2Cl)N(C)C)c1. The number of ether oxygens (including phenoxy) is 1. The smallest absolute Gasteiger partial charge is 0.253 e. The van der Waals surface area contributed by atoms with Gasteiger partial charge in [-0.2, -0.15) is 0 Å². The summed E-state index contributed by atoms with van der Waals surface area (Å²) in [7, 11) is 5.52. The summed E-state index contributed by atoms with van der Waals surface area (Å²) in [6.07, 6.45) is 0.495. The molecule has 0 bridgehead atoms. The summed E-state index contributed by atoms with van der Waals surface area (Å²) in [4.78, 5) is 27.8. The highest BCUT2D eigenvalue weighted by atomic mass is 35.5. The second kappa shape index (κ2) is 12.1. The third-order valence-corrected chi connectivity index (χ3v) is 5.62. The van der Waals surface area contributed by atoms with Gasteiger partial charge in [0.1, 0.15) is 11.8 Å². The van der Waals surface area contributed by atoms with Gasteiger partial charge in [-0.15, -0.1) is 0 Å². The summed E-state index contributed by atoms with van der Waals surface area (Å²) >= 11 is 12.1. The molecule has 2 unspecified atom stereocenters. The molecule has 2 rings (SSSR count). The van der Waals surface area contributed by atoms with E-state index in [4.69, 9.17) is 27.9 Å². The van der Waals surface area contributed by atoms with Crippen LogP contribution in [0.4, 0.5) is 0 Å². The molecule has 2 aromatic carbocycles. The molecule has 6 nitrogen and oxygen atoms in total. The minimum atomic E-state index is -0.692. The number of amides is 2. The zero-order valence-corrected chi connectivity index (χ0v) is 20.6. The van der Waals surface area contributed by atoms with Gasteiger partial charge >= 0.3 is 0 Å². The Labute approximate surface area is 200 Å². The maximum atomic E-state index is 13.0. The molecular formula is C24H31Cl2N3O3. The molecule has 2 amide bonds. The van der Waals surface area contributed by atoms with Crippen LogP contribution in [0.1, 0.15) is 42.2 Å². The van der Waals surface area contributed by atoms with Gasteiger partial charge in [-0.25, -0.2) is 0 Å². The highest BCUT2D eigenvalue weighted by molar-refractivity contribution is 6.36. The zero-order valence-electron chi connectivity index (χ0n) is 19.1. The Morgan fingerprint density at radius 3 is 2.41 bits per heavy atom. The molecule has 0 aromatic heterocycles. The number of likely N-dealkylation sites (N-methyl/N-ethyl adjacent to an activating group) is 1. The van der Waals surface area contributed by atoms with Gasteiger partial charge in [0.25, 0.3) is 5.91 Å². The summed E-state index contributed by atoms with van der Waals surface area (Å²) in [5.41, 5.74) is 1.30. The lowest BCUT2D eigenvalue weighted by atomic mass is 10.0. The van der Waals surface area contributed by atoms with Crippen molar-refractivity contribution >= 4 is 35.0 Å². The molecule has 0 aliphatic carbocycles. The third-order valence-electron chi connectivity index (χ3n) is 5.08. The van der Waals surface area contributed by atoms with Crippen LogP contribution in [0.3, 0.4) is 0 Å². The molecule has 0 saturated heterocycles. The average Bonchev–Trinajstić information content (AvgIpc) is 2.72. The fraction of sp³-hybridized carbons (Fsp3) is 0.417. The lowest BCUT2D eigenvalue weighted by molar-refractivity contribution is -0.123. The molecule has 0 fully saturated rings. The number of carbonyl (C=O) groups excluding carboxylic acids is 2. The molecule has 174 valence electrons. The molecule has 0 spiro atoms. The maximum absolute atomic E-state index is 13.0. The molecule has 2 atom stereocenters. The highest BCUT2D eigenvalue weighted by Gasteiger charge is 2.25. The number of rotatable bonds is 10. The van der Waals surface area contributed by atoms with Crippen LogP contribution in [0.25, 0.3) is 0 Å². The summed E-state index contributed by atoms with van der Waals surface area (Å²) in [5.74, 6) is 0.302. The quantitative estimate of drug-likeness (QED) is 0.523. The molecule has 32 heavy (non-hydrogen) atoms. The van der Waals surface area contributed by atoms with Gasteiger partial charge in [0.05, 0.1) is 23.7 Å². The van der Waals surface area contributed by atoms with Crippen LogP contribution in [0.2, 0.25) is 10.0 Å². The molecular weight excluding hydrogens is 449 g/mol. The van der Waals surface area contributed by atoms with Crippen molar-refractivity contribution in [2.24, 2.45) is 5.92 Å². The molecule has 2 aromatic rings. The summed E-state index contributed by atoms with van der Waals surface area (Å²) in [6, 6.07) is 11.6. The van der Waals surface area contributed by atoms with Crippen molar-refractivity contribution in [1.29, 1.82) is 0 Å². The number of nitrogens with one attached hydrogen (secondary N) is 2. The topological polar surface area (TPSA) is 70.7 Å². The lowest BCUT2D eigenvalue weighted by Crippen LogP contribution is -2.49. The standard InChI is InChI=1S/C24H31Cl2N3O3/c1-15(2)11-21(28-23(30)19-10-9-17(25)13-20(19)26)24(31)27-14-22(29(3)4)16-7-6-8-18(12-16)32-5/h6-10,12-13,15,21-22H,11,14H2,1-5H3,(H,27,31)(H,28,30). The van der Waals surface area contributed by atoms with Gasteiger partial charge in [0.15, 0.2) is 0 Å². The Morgan fingerprint density at radius 2 is 1.81 bits per heavy atom. The second-order valence-corrected chi connectivity index (χ2v) is 9.12. The molecule has 0 radical (unpaired) electrons. The van der Waals surface area contributed by atoms with Crippen molar-refractivity contribution in [2.45, 2.75) is 32.4 Å². The van der Waals surface area contributed by atoms with Gasteiger partial charge in [0, 0.05) is 11.6 Å². The van der Waals surface area contributed by atoms with E-state index in [1.54, 1.807) is 19.2 Å². The number of hydrogen-bond donors (Lipinski definition) is 2. The monoisotopic (exact) mass is 479 g/mol. The van der Waals surface area contributed by atoms with Crippen LogP contribution in [0.5, 0.6) is 5.75 Å². The van der Waals surface area contributed by atoms with Crippen LogP contribution >= 0.6 is 23.2 Å². The lowest BCUT2D eigenvalue weighted by Gasteiger charge is -2.27. The number of hydrogen-bond acceptors (Lipinski definition) is 4. The van der Waals surface area contributed by atoms with Crippen LogP contribution in [-0.4, -0.2) is 50.5 Å². The largest absolute Gasteiger partial charge is 0.497 e. The minimum Gasteiger partial charge on any atom is -0.497 e. The van der Waals surface area contributed by atoms with Crippen LogP contribution < -0.4 is 15.4 Å². The molecule has 8 heteroatoms. The van der Waals surface area contributed by atoms with Crippen molar-refractivity contribution in [3.63, 3.8) is 0 Å². The molecule has 0 saturated carbocycles. The summed E-state index contributed by atoms with van der Waals surface area (Å²) in [5, 5.41) is 6.50. The number of halogens is 2. The van der Waals surface area contributed by atoms with Gasteiger partial charge in [-0.05, 0) is 62.3 Å². The van der Waals surface area contributed by atoms with Crippen molar-refractivity contribution in [1.82, 2.24) is 15.5 Å². The maximum Gasteiger partial charge on any atom is 0.253 e. The van der Waals surface area contributed by atoms with Crippen molar-refractivity contribution in [3.8, 4) is 5.75 Å². The van der Waals surface area contributed by atoms with Gasteiger partial charge in [-0.1, -0.05) is 49.2 Å². The van der Waals surface area contributed by atoms with E-state index < -0.39 is 11.9 Å². The second-order valence-electron chi connectivity index (χ2n) is 8.28. The number of benzene rings is 2. The Kier molecular flexibility index (Phi) is 9.82. The Hall–Kier alpha value is -2.28. The normalized spacial score (nSPS) is 13.0. The zero-order chi connectivity index (χ0) is 23.8. The predicted octanol–water partition coefficient (Wildman–Crippen LogP) is 4.57. The fourth-order valence-corrected chi connectivity index (χ4v) is 3.87. The minimum absolute atomic E-state index is 0.0600. The van der Waals surface area contributed by atoms with Crippen molar-refractivity contribution in [2.75, 3.05) is 27.7 Å². The Balaban J connectivity index is 2.13. The highest BCUT2D eigenvalue weighted by Crippen LogP contribution is 2.23. The number of nitrogens with zero attached hydrogens (tertiary/aromatic N) is 1. The molecule has 0 aliphatic heterocycles. The van der Waals surface area contributed by atoms with E-state index >= 15 is 0 Å². The van der Waals surface area contributed by atoms with Crippen LogP contribution in [0, 0.1) is 5.92 Å². The third kappa shape index (κ3) is 7.40. The summed E-state index contributed by atoms with van der Waals surface area (Å²) < 4.78 is 5.32. The summed E-state index contributed by atoms with van der Waals surface area (Å²) in [6.45, 7) is 4.38. The Morgan fingerprint density at radius 1 is 1.09 bits per heavy atom. The van der Waals surface area contributed by atoms with Crippen LogP contribution in [0.15, 0.2) is 42.5 Å². The van der Waals surface area contributed by atoms with Crippen molar-refractivity contribution < 1.29 is 14.3 Å². The van der Waals surface area contributed by atoms with E-state index in [0.29, 0.717) is 18.0 Å². The predicted molar refractivity (Wildman–Crippen MR) is 130 cm³/mol. The number of carbonyl (C=O) groups is 2. The van der Waals surface area contributed by atoms with Crippen LogP contribution in [-0.2, 0) is 4.79 Å². The fourth-order valence-electron chi connectivity index (χ4n) is 3.38. The first-order chi connectivity index (χ1) is 15.1. The number of methoxy groups -OCH3 is 1. The van der Waals surface area contributed by atoms with Crippen molar-refractivity contribution in [3.05, 3.63) is 63.6 Å². The molecule has 0 heterocycles. The molecule has 0 aliphatic rings. The first-order valence-electron chi connectivity index (χ1n) is 10.5. The average molecular weight is 480 g/mol. The van der Waals surface area contributed by atoms with E-state index in [1.807, 2.05) is 57.1 Å². The van der Waals surface area contributed by atoms with E-state index in [-0.39, 0.29) is 28.5 Å².